The third-order valence-corrected chi connectivity index (χ3v) is 6.54. The number of hydrogen-bond donors (Lipinski definition) is 2. The van der Waals surface area contributed by atoms with E-state index >= 15 is 0 Å². The maximum Gasteiger partial charge on any atom is 0.243 e. The Morgan fingerprint density at radius 1 is 1.14 bits per heavy atom. The van der Waals surface area contributed by atoms with Crippen LogP contribution in [0.15, 0.2) is 64.3 Å². The molecule has 0 aliphatic carbocycles. The highest BCUT2D eigenvalue weighted by Gasteiger charge is 2.26. The van der Waals surface area contributed by atoms with Crippen molar-refractivity contribution >= 4 is 23.5 Å². The first-order chi connectivity index (χ1) is 16.8. The summed E-state index contributed by atoms with van der Waals surface area (Å²) in [4.78, 5) is 13.2. The summed E-state index contributed by atoms with van der Waals surface area (Å²) in [5.41, 5.74) is 3.00. The molecule has 4 aromatic rings. The van der Waals surface area contributed by atoms with Crippen molar-refractivity contribution in [3.63, 3.8) is 0 Å². The van der Waals surface area contributed by atoms with E-state index in [1.54, 1.807) is 13.0 Å². The van der Waals surface area contributed by atoms with Crippen LogP contribution in [0.1, 0.15) is 53.3 Å². The predicted octanol–water partition coefficient (Wildman–Crippen LogP) is 4.77. The van der Waals surface area contributed by atoms with Crippen molar-refractivity contribution in [3.05, 3.63) is 82.9 Å². The van der Waals surface area contributed by atoms with Crippen molar-refractivity contribution in [2.24, 2.45) is 0 Å². The largest absolute Gasteiger partial charge is 0.485 e. The summed E-state index contributed by atoms with van der Waals surface area (Å²) in [5, 5.41) is 14.8. The summed E-state index contributed by atoms with van der Waals surface area (Å²) >= 11 is 1.19. The standard InChI is InChI=1S/C25H28N6O3S/c1-15(2)19-11-10-16(3)12-20(19)33-14-22-28-29-25(31(22)26)35-23(18-8-6-5-7-9-18)24(32)27-21-13-17(4)34-30-21/h5-13,15,23H,14,26H2,1-4H3,(H,27,30,32). The van der Waals surface area contributed by atoms with Crippen molar-refractivity contribution in [2.75, 3.05) is 11.2 Å². The Hall–Kier alpha value is -3.79. The molecule has 0 aliphatic heterocycles. The first-order valence-corrected chi connectivity index (χ1v) is 12.1. The minimum atomic E-state index is -0.641. The number of aryl methyl sites for hydroxylation is 2. The summed E-state index contributed by atoms with van der Waals surface area (Å²) in [6.07, 6.45) is 0. The quantitative estimate of drug-likeness (QED) is 0.253. The van der Waals surface area contributed by atoms with E-state index in [2.05, 4.69) is 46.7 Å². The highest BCUT2D eigenvalue weighted by atomic mass is 32.2. The summed E-state index contributed by atoms with van der Waals surface area (Å²) in [7, 11) is 0. The number of amides is 1. The number of benzene rings is 2. The molecule has 35 heavy (non-hydrogen) atoms. The number of nitrogens with two attached hydrogens (primary N) is 1. The van der Waals surface area contributed by atoms with Gasteiger partial charge in [0.2, 0.25) is 11.1 Å². The molecule has 0 spiro atoms. The number of carbonyl (C=O) groups excluding carboxylic acids is 1. The molecule has 1 amide bonds. The van der Waals surface area contributed by atoms with Crippen LogP contribution >= 0.6 is 11.8 Å². The zero-order valence-corrected chi connectivity index (χ0v) is 20.9. The van der Waals surface area contributed by atoms with Gasteiger partial charge in [0.1, 0.15) is 23.4 Å². The third kappa shape index (κ3) is 5.83. The molecule has 1 unspecified atom stereocenters. The van der Waals surface area contributed by atoms with Gasteiger partial charge < -0.3 is 20.4 Å². The lowest BCUT2D eigenvalue weighted by Gasteiger charge is -2.16. The highest BCUT2D eigenvalue weighted by Crippen LogP contribution is 2.35. The second-order valence-corrected chi connectivity index (χ2v) is 9.55. The number of aromatic nitrogens is 4. The smallest absolute Gasteiger partial charge is 0.243 e. The van der Waals surface area contributed by atoms with Gasteiger partial charge in [0.05, 0.1) is 0 Å². The van der Waals surface area contributed by atoms with Crippen LogP contribution in [0.3, 0.4) is 0 Å². The number of nitrogens with zero attached hydrogens (tertiary/aromatic N) is 4. The molecule has 0 saturated heterocycles. The maximum absolute atomic E-state index is 13.2. The molecule has 2 aromatic carbocycles. The monoisotopic (exact) mass is 492 g/mol. The Bertz CT molecular complexity index is 1300. The lowest BCUT2D eigenvalue weighted by molar-refractivity contribution is -0.115. The number of anilines is 1. The second-order valence-electron chi connectivity index (χ2n) is 8.47. The summed E-state index contributed by atoms with van der Waals surface area (Å²) in [5.74, 6) is 8.53. The van der Waals surface area contributed by atoms with Gasteiger partial charge in [-0.3, -0.25) is 4.79 Å². The molecule has 2 aromatic heterocycles. The van der Waals surface area contributed by atoms with Crippen molar-refractivity contribution in [2.45, 2.75) is 50.6 Å². The topological polar surface area (TPSA) is 121 Å². The Labute approximate surface area is 208 Å². The zero-order chi connectivity index (χ0) is 24.9. The number of carbonyl (C=O) groups is 1. The SMILES string of the molecule is Cc1ccc(C(C)C)c(OCc2nnc(SC(C(=O)Nc3cc(C)on3)c3ccccc3)n2N)c1. The fraction of sp³-hybridized carbons (Fsp3) is 0.280. The first-order valence-electron chi connectivity index (χ1n) is 11.2. The summed E-state index contributed by atoms with van der Waals surface area (Å²) < 4.78 is 12.5. The second kappa shape index (κ2) is 10.6. The van der Waals surface area contributed by atoms with E-state index < -0.39 is 5.25 Å². The predicted molar refractivity (Wildman–Crippen MR) is 135 cm³/mol. The fourth-order valence-electron chi connectivity index (χ4n) is 3.50. The number of nitrogens with one attached hydrogen (secondary N) is 1. The molecule has 0 fully saturated rings. The first kappa shape index (κ1) is 24.3. The van der Waals surface area contributed by atoms with E-state index in [1.807, 2.05) is 43.3 Å². The summed E-state index contributed by atoms with van der Waals surface area (Å²) in [6, 6.07) is 17.2. The van der Waals surface area contributed by atoms with Gasteiger partial charge in [-0.25, -0.2) is 4.68 Å². The van der Waals surface area contributed by atoms with E-state index in [0.717, 1.165) is 22.4 Å². The minimum absolute atomic E-state index is 0.146. The molecule has 0 bridgehead atoms. The normalized spacial score (nSPS) is 12.0. The van der Waals surface area contributed by atoms with E-state index in [1.165, 1.54) is 16.4 Å². The van der Waals surface area contributed by atoms with Crippen LogP contribution in [0.4, 0.5) is 5.82 Å². The van der Waals surface area contributed by atoms with Crippen LogP contribution in [0.2, 0.25) is 0 Å². The molecule has 4 rings (SSSR count). The van der Waals surface area contributed by atoms with Gasteiger partial charge in [-0.1, -0.05) is 73.2 Å². The van der Waals surface area contributed by atoms with Gasteiger partial charge in [-0.2, -0.15) is 0 Å². The van der Waals surface area contributed by atoms with Crippen LogP contribution < -0.4 is 15.9 Å². The molecule has 9 nitrogen and oxygen atoms in total. The number of rotatable bonds is 9. The number of ether oxygens (including phenoxy) is 1. The maximum atomic E-state index is 13.2. The molecule has 2 heterocycles. The molecular weight excluding hydrogens is 464 g/mol. The Morgan fingerprint density at radius 3 is 2.60 bits per heavy atom. The van der Waals surface area contributed by atoms with E-state index in [9.17, 15) is 4.79 Å². The van der Waals surface area contributed by atoms with Crippen molar-refractivity contribution in [1.82, 2.24) is 20.0 Å². The Kier molecular flexibility index (Phi) is 7.40. The van der Waals surface area contributed by atoms with Crippen LogP contribution in [-0.4, -0.2) is 25.9 Å². The van der Waals surface area contributed by atoms with Gasteiger partial charge in [0, 0.05) is 6.07 Å². The molecule has 1 atom stereocenters. The van der Waals surface area contributed by atoms with Crippen LogP contribution in [0.5, 0.6) is 5.75 Å². The third-order valence-electron chi connectivity index (χ3n) is 5.33. The van der Waals surface area contributed by atoms with E-state index in [0.29, 0.717) is 28.5 Å². The number of thioether (sulfide) groups is 1. The molecular formula is C25H28N6O3S. The van der Waals surface area contributed by atoms with E-state index in [-0.39, 0.29) is 12.5 Å². The molecule has 0 radical (unpaired) electrons. The van der Waals surface area contributed by atoms with Crippen molar-refractivity contribution in [3.8, 4) is 5.75 Å². The average Bonchev–Trinajstić information content (AvgIpc) is 3.40. The average molecular weight is 493 g/mol. The number of nitrogen functional groups attached to an aromatic ring is 1. The van der Waals surface area contributed by atoms with Crippen LogP contribution in [0, 0.1) is 13.8 Å². The van der Waals surface area contributed by atoms with Gasteiger partial charge in [-0.15, -0.1) is 10.2 Å². The van der Waals surface area contributed by atoms with Gasteiger partial charge >= 0.3 is 0 Å². The minimum Gasteiger partial charge on any atom is -0.485 e. The molecule has 10 heteroatoms. The van der Waals surface area contributed by atoms with Gasteiger partial charge in [0.15, 0.2) is 11.6 Å². The van der Waals surface area contributed by atoms with Crippen molar-refractivity contribution < 1.29 is 14.1 Å². The lowest BCUT2D eigenvalue weighted by Crippen LogP contribution is -2.21. The van der Waals surface area contributed by atoms with Gasteiger partial charge in [0.25, 0.3) is 0 Å². The van der Waals surface area contributed by atoms with E-state index in [4.69, 9.17) is 15.1 Å². The molecule has 0 saturated carbocycles. The van der Waals surface area contributed by atoms with Gasteiger partial charge in [-0.05, 0) is 42.5 Å². The lowest BCUT2D eigenvalue weighted by atomic mass is 10.0. The van der Waals surface area contributed by atoms with Crippen LogP contribution in [0.25, 0.3) is 0 Å². The Balaban J connectivity index is 1.53. The van der Waals surface area contributed by atoms with Crippen molar-refractivity contribution in [1.29, 1.82) is 0 Å². The molecule has 0 aliphatic rings. The Morgan fingerprint density at radius 2 is 1.91 bits per heavy atom. The number of hydrogen-bond acceptors (Lipinski definition) is 8. The molecule has 182 valence electrons. The molecule has 3 N–H and O–H groups in total. The highest BCUT2D eigenvalue weighted by molar-refractivity contribution is 8.00. The zero-order valence-electron chi connectivity index (χ0n) is 20.1. The fourth-order valence-corrected chi connectivity index (χ4v) is 4.47. The summed E-state index contributed by atoms with van der Waals surface area (Å²) in [6.45, 7) is 8.16. The van der Waals surface area contributed by atoms with Crippen LogP contribution in [-0.2, 0) is 11.4 Å².